The third kappa shape index (κ3) is 0.354. The molecule has 2 fully saturated rings. The van der Waals surface area contributed by atoms with Gasteiger partial charge in [-0.05, 0) is 0 Å². The molecule has 2 heterocycles. The Balaban J connectivity index is 2.03. The fourth-order valence-electron chi connectivity index (χ4n) is 1.02. The maximum atomic E-state index is 5.61. The van der Waals surface area contributed by atoms with E-state index in [4.69, 9.17) is 15.2 Å². The number of nitrogens with two attached hydrogens (primary N) is 1. The lowest BCUT2D eigenvalue weighted by molar-refractivity contribution is -0.284. The molecule has 8 heavy (non-hydrogen) atoms. The molecule has 0 amide bonds. The van der Waals surface area contributed by atoms with Crippen LogP contribution in [0.3, 0.4) is 0 Å². The summed E-state index contributed by atoms with van der Waals surface area (Å²) in [6.45, 7) is 2.12. The van der Waals surface area contributed by atoms with Gasteiger partial charge in [-0.1, -0.05) is 0 Å². The van der Waals surface area contributed by atoms with Gasteiger partial charge < -0.3 is 15.2 Å². The van der Waals surface area contributed by atoms with Gasteiger partial charge in [0, 0.05) is 0 Å². The lowest BCUT2D eigenvalue weighted by atomic mass is 9.88. The summed E-state index contributed by atoms with van der Waals surface area (Å²) >= 11 is 0. The molecule has 1 spiro atoms. The Morgan fingerprint density at radius 2 is 2.25 bits per heavy atom. The van der Waals surface area contributed by atoms with E-state index in [9.17, 15) is 0 Å². The molecule has 2 aliphatic rings. The zero-order valence-electron chi connectivity index (χ0n) is 4.59. The van der Waals surface area contributed by atoms with Gasteiger partial charge in [-0.25, -0.2) is 0 Å². The molecule has 0 bridgehead atoms. The fourth-order valence-corrected chi connectivity index (χ4v) is 1.02. The van der Waals surface area contributed by atoms with Crippen molar-refractivity contribution in [1.82, 2.24) is 0 Å². The van der Waals surface area contributed by atoms with Crippen LogP contribution in [0.1, 0.15) is 0 Å². The van der Waals surface area contributed by atoms with E-state index in [0.29, 0.717) is 19.8 Å². The van der Waals surface area contributed by atoms with E-state index in [2.05, 4.69) is 0 Å². The highest BCUT2D eigenvalue weighted by Gasteiger charge is 2.52. The molecule has 2 N–H and O–H groups in total. The average Bonchev–Trinajstić information content (AvgIpc) is 1.58. The van der Waals surface area contributed by atoms with Crippen LogP contribution in [0.2, 0.25) is 0 Å². The molecule has 1 unspecified atom stereocenters. The van der Waals surface area contributed by atoms with Crippen LogP contribution in [-0.2, 0) is 9.47 Å². The quantitative estimate of drug-likeness (QED) is 0.445. The number of rotatable bonds is 0. The molecule has 0 aromatic heterocycles. The van der Waals surface area contributed by atoms with Crippen LogP contribution >= 0.6 is 0 Å². The van der Waals surface area contributed by atoms with Crippen LogP contribution in [0, 0.1) is 0 Å². The minimum atomic E-state index is -0.0417. The highest BCUT2D eigenvalue weighted by molar-refractivity contribution is 5.03. The first-order valence-electron chi connectivity index (χ1n) is 2.81. The van der Waals surface area contributed by atoms with E-state index in [1.54, 1.807) is 0 Å². The van der Waals surface area contributed by atoms with E-state index >= 15 is 0 Å². The van der Waals surface area contributed by atoms with E-state index < -0.39 is 0 Å². The van der Waals surface area contributed by atoms with Gasteiger partial charge in [-0.15, -0.1) is 0 Å². The largest absolute Gasteiger partial charge is 0.375 e. The molecule has 2 rings (SSSR count). The summed E-state index contributed by atoms with van der Waals surface area (Å²) in [5, 5.41) is 0. The SMILES string of the molecule is NC1COC12COC2. The predicted molar refractivity (Wildman–Crippen MR) is 27.5 cm³/mol. The zero-order chi connectivity index (χ0) is 5.61. The third-order valence-corrected chi connectivity index (χ3v) is 1.92. The number of hydrogen-bond acceptors (Lipinski definition) is 3. The average molecular weight is 115 g/mol. The Labute approximate surface area is 47.8 Å². The Bertz CT molecular complexity index is 105. The summed E-state index contributed by atoms with van der Waals surface area (Å²) in [6.07, 6.45) is 0. The summed E-state index contributed by atoms with van der Waals surface area (Å²) < 4.78 is 10.2. The van der Waals surface area contributed by atoms with Crippen molar-refractivity contribution in [2.75, 3.05) is 19.8 Å². The van der Waals surface area contributed by atoms with Crippen LogP contribution in [0.5, 0.6) is 0 Å². The second-order valence-corrected chi connectivity index (χ2v) is 2.48. The Morgan fingerprint density at radius 1 is 1.50 bits per heavy atom. The first-order valence-corrected chi connectivity index (χ1v) is 2.81. The standard InChI is InChI=1S/C5H9NO2/c6-4-1-8-5(4)2-7-3-5/h4H,1-3,6H2. The smallest absolute Gasteiger partial charge is 0.132 e. The molecule has 0 aliphatic carbocycles. The van der Waals surface area contributed by atoms with Crippen molar-refractivity contribution in [1.29, 1.82) is 0 Å². The van der Waals surface area contributed by atoms with E-state index in [0.717, 1.165) is 0 Å². The summed E-state index contributed by atoms with van der Waals surface area (Å²) in [6, 6.07) is 0.233. The van der Waals surface area contributed by atoms with Crippen molar-refractivity contribution in [3.05, 3.63) is 0 Å². The van der Waals surface area contributed by atoms with Gasteiger partial charge in [-0.3, -0.25) is 0 Å². The fraction of sp³-hybridized carbons (Fsp3) is 1.00. The second kappa shape index (κ2) is 1.23. The molecule has 2 aliphatic heterocycles. The maximum absolute atomic E-state index is 5.61. The number of ether oxygens (including phenoxy) is 2. The first-order chi connectivity index (χ1) is 3.83. The lowest BCUT2D eigenvalue weighted by Gasteiger charge is -2.52. The van der Waals surface area contributed by atoms with Gasteiger partial charge >= 0.3 is 0 Å². The molecule has 3 heteroatoms. The van der Waals surface area contributed by atoms with Crippen LogP contribution in [-0.4, -0.2) is 31.5 Å². The Hall–Kier alpha value is -0.120. The van der Waals surface area contributed by atoms with Gasteiger partial charge in [0.15, 0.2) is 0 Å². The van der Waals surface area contributed by atoms with Gasteiger partial charge in [0.1, 0.15) is 5.60 Å². The number of hydrogen-bond donors (Lipinski definition) is 1. The predicted octanol–water partition coefficient (Wildman–Crippen LogP) is -0.887. The molecule has 1 atom stereocenters. The lowest BCUT2D eigenvalue weighted by Crippen LogP contribution is -2.72. The molecular weight excluding hydrogens is 106 g/mol. The molecular formula is C5H9NO2. The van der Waals surface area contributed by atoms with E-state index in [1.165, 1.54) is 0 Å². The van der Waals surface area contributed by atoms with Crippen LogP contribution < -0.4 is 5.73 Å². The van der Waals surface area contributed by atoms with Crippen molar-refractivity contribution in [2.45, 2.75) is 11.6 Å². The van der Waals surface area contributed by atoms with Crippen molar-refractivity contribution in [3.63, 3.8) is 0 Å². The van der Waals surface area contributed by atoms with Crippen LogP contribution in [0.15, 0.2) is 0 Å². The van der Waals surface area contributed by atoms with E-state index in [-0.39, 0.29) is 11.6 Å². The molecule has 0 aromatic carbocycles. The van der Waals surface area contributed by atoms with Gasteiger partial charge in [0.25, 0.3) is 0 Å². The third-order valence-electron chi connectivity index (χ3n) is 1.92. The molecule has 2 saturated heterocycles. The van der Waals surface area contributed by atoms with Crippen molar-refractivity contribution in [2.24, 2.45) is 5.73 Å². The molecule has 0 saturated carbocycles. The highest BCUT2D eigenvalue weighted by atomic mass is 16.6. The van der Waals surface area contributed by atoms with Gasteiger partial charge in [0.2, 0.25) is 0 Å². The van der Waals surface area contributed by atoms with Crippen LogP contribution in [0.4, 0.5) is 0 Å². The second-order valence-electron chi connectivity index (χ2n) is 2.48. The molecule has 3 nitrogen and oxygen atoms in total. The molecule has 46 valence electrons. The summed E-state index contributed by atoms with van der Waals surface area (Å²) in [5.74, 6) is 0. The van der Waals surface area contributed by atoms with Crippen molar-refractivity contribution < 1.29 is 9.47 Å². The summed E-state index contributed by atoms with van der Waals surface area (Å²) in [4.78, 5) is 0. The van der Waals surface area contributed by atoms with Crippen molar-refractivity contribution >= 4 is 0 Å². The summed E-state index contributed by atoms with van der Waals surface area (Å²) in [5.41, 5.74) is 5.57. The van der Waals surface area contributed by atoms with Gasteiger partial charge in [0.05, 0.1) is 25.9 Å². The zero-order valence-corrected chi connectivity index (χ0v) is 4.59. The Kier molecular flexibility index (Phi) is 0.730. The minimum Gasteiger partial charge on any atom is -0.375 e. The molecule has 0 aromatic rings. The first kappa shape index (κ1) is 4.73. The normalized spacial score (nSPS) is 40.9. The van der Waals surface area contributed by atoms with Crippen LogP contribution in [0.25, 0.3) is 0 Å². The summed E-state index contributed by atoms with van der Waals surface area (Å²) in [7, 11) is 0. The van der Waals surface area contributed by atoms with Gasteiger partial charge in [-0.2, -0.15) is 0 Å². The topological polar surface area (TPSA) is 44.5 Å². The Morgan fingerprint density at radius 3 is 2.25 bits per heavy atom. The van der Waals surface area contributed by atoms with E-state index in [1.807, 2.05) is 0 Å². The highest BCUT2D eigenvalue weighted by Crippen LogP contribution is 2.32. The van der Waals surface area contributed by atoms with Crippen molar-refractivity contribution in [3.8, 4) is 0 Å². The molecule has 0 radical (unpaired) electrons. The maximum Gasteiger partial charge on any atom is 0.132 e. The minimum absolute atomic E-state index is 0.0417. The monoisotopic (exact) mass is 115 g/mol.